The van der Waals surface area contributed by atoms with Crippen molar-refractivity contribution in [2.24, 2.45) is 0 Å². The maximum absolute atomic E-state index is 11.6. The molecule has 2 aromatic rings. The van der Waals surface area contributed by atoms with Crippen LogP contribution in [-0.4, -0.2) is 24.7 Å². The molecule has 1 aromatic carbocycles. The van der Waals surface area contributed by atoms with Gasteiger partial charge in [0.15, 0.2) is 0 Å². The van der Waals surface area contributed by atoms with Crippen molar-refractivity contribution >= 4 is 16.9 Å². The Labute approximate surface area is 99.5 Å². The van der Waals surface area contributed by atoms with E-state index in [1.165, 1.54) is 0 Å². The molecule has 0 aliphatic carbocycles. The quantitative estimate of drug-likeness (QED) is 0.825. The third-order valence-electron chi connectivity index (χ3n) is 2.55. The Morgan fingerprint density at radius 3 is 2.94 bits per heavy atom. The standard InChI is InChI=1S/C13H15NO3/c1-3-17-13(15)12-7-10-9(8-16-2)5-4-6-11(10)14-12/h4-7,14H,3,8H2,1-2H3. The smallest absolute Gasteiger partial charge is 0.354 e. The topological polar surface area (TPSA) is 51.3 Å². The minimum absolute atomic E-state index is 0.327. The summed E-state index contributed by atoms with van der Waals surface area (Å²) >= 11 is 0. The summed E-state index contributed by atoms with van der Waals surface area (Å²) in [6.45, 7) is 2.69. The van der Waals surface area contributed by atoms with E-state index in [0.717, 1.165) is 16.5 Å². The number of fused-ring (bicyclic) bond motifs is 1. The van der Waals surface area contributed by atoms with Crippen LogP contribution in [0, 0.1) is 0 Å². The van der Waals surface area contributed by atoms with Gasteiger partial charge in [-0.15, -0.1) is 0 Å². The van der Waals surface area contributed by atoms with Crippen molar-refractivity contribution in [2.45, 2.75) is 13.5 Å². The Morgan fingerprint density at radius 2 is 2.24 bits per heavy atom. The van der Waals surface area contributed by atoms with E-state index in [0.29, 0.717) is 18.9 Å². The highest BCUT2D eigenvalue weighted by molar-refractivity contribution is 5.95. The van der Waals surface area contributed by atoms with E-state index in [2.05, 4.69) is 4.98 Å². The normalized spacial score (nSPS) is 10.7. The van der Waals surface area contributed by atoms with Crippen molar-refractivity contribution in [3.63, 3.8) is 0 Å². The SMILES string of the molecule is CCOC(=O)c1cc2c(COC)cccc2[nH]1. The van der Waals surface area contributed by atoms with Crippen molar-refractivity contribution in [3.8, 4) is 0 Å². The summed E-state index contributed by atoms with van der Waals surface area (Å²) in [5, 5.41) is 0.998. The fourth-order valence-corrected chi connectivity index (χ4v) is 1.82. The maximum Gasteiger partial charge on any atom is 0.354 e. The summed E-state index contributed by atoms with van der Waals surface area (Å²) in [6.07, 6.45) is 0. The number of rotatable bonds is 4. The zero-order valence-electron chi connectivity index (χ0n) is 9.95. The molecule has 90 valence electrons. The zero-order valence-corrected chi connectivity index (χ0v) is 9.95. The number of carbonyl (C=O) groups excluding carboxylic acids is 1. The number of hydrogen-bond acceptors (Lipinski definition) is 3. The molecular formula is C13H15NO3. The van der Waals surface area contributed by atoms with Crippen LogP contribution in [-0.2, 0) is 16.1 Å². The minimum atomic E-state index is -0.327. The molecule has 0 fully saturated rings. The van der Waals surface area contributed by atoms with Gasteiger partial charge in [0.25, 0.3) is 0 Å². The molecule has 0 bridgehead atoms. The molecule has 0 saturated heterocycles. The van der Waals surface area contributed by atoms with E-state index in [1.54, 1.807) is 14.0 Å². The first-order valence-electron chi connectivity index (χ1n) is 5.53. The summed E-state index contributed by atoms with van der Waals surface area (Å²) in [5.41, 5.74) is 2.45. The van der Waals surface area contributed by atoms with Gasteiger partial charge in [0, 0.05) is 18.0 Å². The highest BCUT2D eigenvalue weighted by Gasteiger charge is 2.11. The lowest BCUT2D eigenvalue weighted by molar-refractivity contribution is 0.0520. The van der Waals surface area contributed by atoms with Crippen molar-refractivity contribution in [3.05, 3.63) is 35.5 Å². The number of carbonyl (C=O) groups is 1. The number of hydrogen-bond donors (Lipinski definition) is 1. The van der Waals surface area contributed by atoms with Crippen LogP contribution in [0.25, 0.3) is 10.9 Å². The number of H-pyrrole nitrogens is 1. The lowest BCUT2D eigenvalue weighted by Gasteiger charge is -2.00. The highest BCUT2D eigenvalue weighted by Crippen LogP contribution is 2.21. The van der Waals surface area contributed by atoms with Gasteiger partial charge >= 0.3 is 5.97 Å². The van der Waals surface area contributed by atoms with Crippen LogP contribution in [0.1, 0.15) is 23.0 Å². The molecule has 0 amide bonds. The van der Waals surface area contributed by atoms with Crippen LogP contribution in [0.5, 0.6) is 0 Å². The van der Waals surface area contributed by atoms with Gasteiger partial charge < -0.3 is 14.5 Å². The van der Waals surface area contributed by atoms with Gasteiger partial charge in [0.05, 0.1) is 13.2 Å². The second-order valence-electron chi connectivity index (χ2n) is 3.71. The second-order valence-corrected chi connectivity index (χ2v) is 3.71. The molecule has 1 N–H and O–H groups in total. The van der Waals surface area contributed by atoms with Gasteiger partial charge in [-0.05, 0) is 24.6 Å². The monoisotopic (exact) mass is 233 g/mol. The molecule has 1 aromatic heterocycles. The molecule has 0 saturated carbocycles. The molecular weight excluding hydrogens is 218 g/mol. The predicted molar refractivity (Wildman–Crippen MR) is 65.0 cm³/mol. The Kier molecular flexibility index (Phi) is 3.44. The number of esters is 1. The maximum atomic E-state index is 11.6. The summed E-state index contributed by atoms with van der Waals surface area (Å²) in [7, 11) is 1.65. The molecule has 0 atom stereocenters. The number of benzene rings is 1. The van der Waals surface area contributed by atoms with E-state index >= 15 is 0 Å². The van der Waals surface area contributed by atoms with Crippen LogP contribution in [0.2, 0.25) is 0 Å². The second kappa shape index (κ2) is 5.01. The fraction of sp³-hybridized carbons (Fsp3) is 0.308. The van der Waals surface area contributed by atoms with Crippen LogP contribution in [0.3, 0.4) is 0 Å². The van der Waals surface area contributed by atoms with E-state index in [9.17, 15) is 4.79 Å². The number of aromatic amines is 1. The van der Waals surface area contributed by atoms with E-state index in [-0.39, 0.29) is 5.97 Å². The highest BCUT2D eigenvalue weighted by atomic mass is 16.5. The summed E-state index contributed by atoms with van der Waals surface area (Å²) in [6, 6.07) is 7.65. The van der Waals surface area contributed by atoms with Gasteiger partial charge in [-0.1, -0.05) is 12.1 Å². The molecule has 1 heterocycles. The average Bonchev–Trinajstić information content (AvgIpc) is 2.75. The Hall–Kier alpha value is -1.81. The van der Waals surface area contributed by atoms with Gasteiger partial charge in [-0.2, -0.15) is 0 Å². The Morgan fingerprint density at radius 1 is 1.41 bits per heavy atom. The van der Waals surface area contributed by atoms with Crippen LogP contribution in [0.15, 0.2) is 24.3 Å². The van der Waals surface area contributed by atoms with E-state index in [4.69, 9.17) is 9.47 Å². The molecule has 4 heteroatoms. The first-order valence-corrected chi connectivity index (χ1v) is 5.53. The number of methoxy groups -OCH3 is 1. The van der Waals surface area contributed by atoms with Crippen LogP contribution in [0.4, 0.5) is 0 Å². The van der Waals surface area contributed by atoms with Crippen molar-refractivity contribution < 1.29 is 14.3 Å². The van der Waals surface area contributed by atoms with Crippen molar-refractivity contribution in [2.75, 3.05) is 13.7 Å². The number of aromatic nitrogens is 1. The fourth-order valence-electron chi connectivity index (χ4n) is 1.82. The van der Waals surface area contributed by atoms with Crippen molar-refractivity contribution in [1.29, 1.82) is 0 Å². The summed E-state index contributed by atoms with van der Waals surface area (Å²) < 4.78 is 10.1. The van der Waals surface area contributed by atoms with E-state index in [1.807, 2.05) is 24.3 Å². The summed E-state index contributed by atoms with van der Waals surface area (Å²) in [5.74, 6) is -0.327. The first kappa shape index (κ1) is 11.7. The molecule has 0 aliphatic rings. The molecule has 17 heavy (non-hydrogen) atoms. The lowest BCUT2D eigenvalue weighted by Crippen LogP contribution is -2.04. The molecule has 0 aliphatic heterocycles. The average molecular weight is 233 g/mol. The predicted octanol–water partition coefficient (Wildman–Crippen LogP) is 2.49. The van der Waals surface area contributed by atoms with Crippen molar-refractivity contribution in [1.82, 2.24) is 4.98 Å². The van der Waals surface area contributed by atoms with E-state index < -0.39 is 0 Å². The minimum Gasteiger partial charge on any atom is -0.461 e. The third-order valence-corrected chi connectivity index (χ3v) is 2.55. The third kappa shape index (κ3) is 2.31. The van der Waals surface area contributed by atoms with Gasteiger partial charge in [-0.25, -0.2) is 4.79 Å². The molecule has 0 spiro atoms. The largest absolute Gasteiger partial charge is 0.461 e. The molecule has 0 unspecified atom stereocenters. The molecule has 4 nitrogen and oxygen atoms in total. The summed E-state index contributed by atoms with van der Waals surface area (Å²) in [4.78, 5) is 14.6. The van der Waals surface area contributed by atoms with Gasteiger partial charge in [-0.3, -0.25) is 0 Å². The lowest BCUT2D eigenvalue weighted by atomic mass is 10.1. The molecule has 0 radical (unpaired) electrons. The number of nitrogens with one attached hydrogen (secondary N) is 1. The van der Waals surface area contributed by atoms with Crippen LogP contribution < -0.4 is 0 Å². The number of ether oxygens (including phenoxy) is 2. The zero-order chi connectivity index (χ0) is 12.3. The van der Waals surface area contributed by atoms with Gasteiger partial charge in [0.1, 0.15) is 5.69 Å². The molecule has 2 rings (SSSR count). The van der Waals surface area contributed by atoms with Crippen LogP contribution >= 0.6 is 0 Å². The Balaban J connectivity index is 2.42. The first-order chi connectivity index (χ1) is 8.26. The Bertz CT molecular complexity index is 530. The van der Waals surface area contributed by atoms with Gasteiger partial charge in [0.2, 0.25) is 0 Å².